The quantitative estimate of drug-likeness (QED) is 0.514. The van der Waals surface area contributed by atoms with Crippen molar-refractivity contribution < 1.29 is 4.79 Å². The van der Waals surface area contributed by atoms with Gasteiger partial charge in [-0.15, -0.1) is 11.3 Å². The fourth-order valence-electron chi connectivity index (χ4n) is 3.99. The van der Waals surface area contributed by atoms with Gasteiger partial charge in [-0.05, 0) is 66.0 Å². The highest BCUT2D eigenvalue weighted by Crippen LogP contribution is 2.30. The monoisotopic (exact) mass is 414 g/mol. The first-order valence-electron chi connectivity index (χ1n) is 10.2. The zero-order valence-corrected chi connectivity index (χ0v) is 17.3. The van der Waals surface area contributed by atoms with Crippen molar-refractivity contribution >= 4 is 17.2 Å². The first-order chi connectivity index (χ1) is 14.8. The molecular weight excluding hydrogens is 392 g/mol. The van der Waals surface area contributed by atoms with Crippen molar-refractivity contribution in [3.05, 3.63) is 99.9 Å². The Balaban J connectivity index is 1.41. The van der Waals surface area contributed by atoms with Crippen molar-refractivity contribution in [3.8, 4) is 5.82 Å². The van der Waals surface area contributed by atoms with Gasteiger partial charge in [-0.2, -0.15) is 0 Å². The predicted molar refractivity (Wildman–Crippen MR) is 118 cm³/mol. The maximum atomic E-state index is 13.0. The highest BCUT2D eigenvalue weighted by Gasteiger charge is 2.21. The number of benzene rings is 1. The van der Waals surface area contributed by atoms with Gasteiger partial charge in [0.05, 0.1) is 11.6 Å². The number of aromatic nitrogens is 3. The van der Waals surface area contributed by atoms with E-state index in [0.29, 0.717) is 5.56 Å². The predicted octanol–water partition coefficient (Wildman–Crippen LogP) is 4.73. The minimum Gasteiger partial charge on any atom is -0.340 e. The van der Waals surface area contributed by atoms with Gasteiger partial charge in [0, 0.05) is 23.5 Å². The lowest BCUT2D eigenvalue weighted by Crippen LogP contribution is -2.29. The molecule has 3 aromatic heterocycles. The van der Waals surface area contributed by atoms with E-state index in [2.05, 4.69) is 39.6 Å². The number of carbonyl (C=O) groups is 1. The van der Waals surface area contributed by atoms with Crippen LogP contribution in [0.15, 0.2) is 72.8 Å². The summed E-state index contributed by atoms with van der Waals surface area (Å²) in [6.07, 6.45) is 11.6. The van der Waals surface area contributed by atoms with Gasteiger partial charge in [0.15, 0.2) is 0 Å². The standard InChI is InChI=1S/C24H22N4OS/c29-24(20-9-10-22(26-15-20)28-12-11-25-16-28)27-23(21-6-3-13-30-21)19-8-7-17-4-1-2-5-18(17)14-19/h3,6-16,23H,1-2,4-5H2,(H,27,29). The molecule has 1 aromatic carbocycles. The largest absolute Gasteiger partial charge is 0.340 e. The summed E-state index contributed by atoms with van der Waals surface area (Å²) in [5.41, 5.74) is 4.54. The van der Waals surface area contributed by atoms with Crippen LogP contribution in [0.4, 0.5) is 0 Å². The third-order valence-corrected chi connectivity index (χ3v) is 6.53. The molecule has 0 radical (unpaired) electrons. The number of nitrogens with one attached hydrogen (secondary N) is 1. The Kier molecular flexibility index (Phi) is 5.15. The molecule has 1 amide bonds. The zero-order valence-electron chi connectivity index (χ0n) is 16.5. The number of thiophene rings is 1. The fraction of sp³-hybridized carbons (Fsp3) is 0.208. The molecule has 4 aromatic rings. The molecule has 0 bridgehead atoms. The maximum absolute atomic E-state index is 13.0. The average Bonchev–Trinajstić information content (AvgIpc) is 3.52. The molecule has 3 heterocycles. The van der Waals surface area contributed by atoms with E-state index in [1.807, 2.05) is 28.3 Å². The van der Waals surface area contributed by atoms with E-state index < -0.39 is 0 Å². The molecule has 5 nitrogen and oxygen atoms in total. The first kappa shape index (κ1) is 18.8. The lowest BCUT2D eigenvalue weighted by atomic mass is 9.89. The summed E-state index contributed by atoms with van der Waals surface area (Å²) in [7, 11) is 0. The first-order valence-corrected chi connectivity index (χ1v) is 11.1. The Morgan fingerprint density at radius 1 is 1.10 bits per heavy atom. The van der Waals surface area contributed by atoms with Crippen LogP contribution in [0.5, 0.6) is 0 Å². The van der Waals surface area contributed by atoms with E-state index in [4.69, 9.17) is 0 Å². The molecule has 0 saturated heterocycles. The molecule has 1 unspecified atom stereocenters. The minimum absolute atomic E-state index is 0.129. The van der Waals surface area contributed by atoms with Gasteiger partial charge in [-0.3, -0.25) is 9.36 Å². The molecule has 1 aliphatic rings. The second-order valence-corrected chi connectivity index (χ2v) is 8.51. The van der Waals surface area contributed by atoms with E-state index in [1.165, 1.54) is 24.0 Å². The number of hydrogen-bond acceptors (Lipinski definition) is 4. The maximum Gasteiger partial charge on any atom is 0.253 e. The summed E-state index contributed by atoms with van der Waals surface area (Å²) in [6.45, 7) is 0. The Bertz CT molecular complexity index is 1130. The molecule has 1 atom stereocenters. The number of carbonyl (C=O) groups excluding carboxylic acids is 1. The van der Waals surface area contributed by atoms with Crippen LogP contribution in [-0.4, -0.2) is 20.4 Å². The molecule has 150 valence electrons. The Hall–Kier alpha value is -3.25. The zero-order chi connectivity index (χ0) is 20.3. The summed E-state index contributed by atoms with van der Waals surface area (Å²) in [6, 6.07) is 14.2. The lowest BCUT2D eigenvalue weighted by Gasteiger charge is -2.22. The molecular formula is C24H22N4OS. The van der Waals surface area contributed by atoms with Crippen molar-refractivity contribution in [3.63, 3.8) is 0 Å². The van der Waals surface area contributed by atoms with Crippen LogP contribution in [0.1, 0.15) is 50.8 Å². The number of fused-ring (bicyclic) bond motifs is 1. The molecule has 5 rings (SSSR count). The molecule has 30 heavy (non-hydrogen) atoms. The minimum atomic E-state index is -0.168. The van der Waals surface area contributed by atoms with Gasteiger partial charge in [0.1, 0.15) is 12.1 Å². The van der Waals surface area contributed by atoms with Crippen molar-refractivity contribution in [1.82, 2.24) is 19.9 Å². The number of hydrogen-bond donors (Lipinski definition) is 1. The third-order valence-electron chi connectivity index (χ3n) is 5.59. The van der Waals surface area contributed by atoms with Crippen molar-refractivity contribution in [2.24, 2.45) is 0 Å². The second-order valence-electron chi connectivity index (χ2n) is 7.53. The SMILES string of the molecule is O=C(NC(c1ccc2c(c1)CCCC2)c1cccs1)c1ccc(-n2ccnc2)nc1. The van der Waals surface area contributed by atoms with Crippen LogP contribution in [0.3, 0.4) is 0 Å². The van der Waals surface area contributed by atoms with Crippen LogP contribution >= 0.6 is 11.3 Å². The number of amides is 1. The number of imidazole rings is 1. The van der Waals surface area contributed by atoms with Gasteiger partial charge in [0.2, 0.25) is 0 Å². The van der Waals surface area contributed by atoms with Gasteiger partial charge in [0.25, 0.3) is 5.91 Å². The number of nitrogens with zero attached hydrogens (tertiary/aromatic N) is 3. The van der Waals surface area contributed by atoms with Crippen LogP contribution < -0.4 is 5.32 Å². The average molecular weight is 415 g/mol. The Labute approximate surface area is 179 Å². The van der Waals surface area contributed by atoms with Gasteiger partial charge in [-0.1, -0.05) is 24.3 Å². The molecule has 0 aliphatic heterocycles. The van der Waals surface area contributed by atoms with Gasteiger partial charge >= 0.3 is 0 Å². The summed E-state index contributed by atoms with van der Waals surface area (Å²) < 4.78 is 1.81. The summed E-state index contributed by atoms with van der Waals surface area (Å²) in [4.78, 5) is 22.6. The normalized spacial score (nSPS) is 14.1. The summed E-state index contributed by atoms with van der Waals surface area (Å²) in [5, 5.41) is 5.28. The van der Waals surface area contributed by atoms with Crippen LogP contribution in [-0.2, 0) is 12.8 Å². The van der Waals surface area contributed by atoms with E-state index in [0.717, 1.165) is 29.1 Å². The van der Waals surface area contributed by atoms with E-state index in [9.17, 15) is 4.79 Å². The highest BCUT2D eigenvalue weighted by atomic mass is 32.1. The number of pyridine rings is 1. The highest BCUT2D eigenvalue weighted by molar-refractivity contribution is 7.10. The van der Waals surface area contributed by atoms with Crippen molar-refractivity contribution in [2.45, 2.75) is 31.7 Å². The fourth-order valence-corrected chi connectivity index (χ4v) is 4.79. The smallest absolute Gasteiger partial charge is 0.253 e. The number of aryl methyl sites for hydroxylation is 2. The molecule has 0 saturated carbocycles. The van der Waals surface area contributed by atoms with Crippen LogP contribution in [0.25, 0.3) is 5.82 Å². The van der Waals surface area contributed by atoms with Crippen molar-refractivity contribution in [1.29, 1.82) is 0 Å². The molecule has 1 aliphatic carbocycles. The summed E-state index contributed by atoms with van der Waals surface area (Å²) in [5.74, 6) is 0.601. The van der Waals surface area contributed by atoms with E-state index in [1.54, 1.807) is 36.1 Å². The van der Waals surface area contributed by atoms with E-state index >= 15 is 0 Å². The molecule has 0 spiro atoms. The van der Waals surface area contributed by atoms with Crippen molar-refractivity contribution in [2.75, 3.05) is 0 Å². The van der Waals surface area contributed by atoms with Crippen LogP contribution in [0, 0.1) is 0 Å². The molecule has 6 heteroatoms. The van der Waals surface area contributed by atoms with Crippen LogP contribution in [0.2, 0.25) is 0 Å². The van der Waals surface area contributed by atoms with Gasteiger partial charge < -0.3 is 5.32 Å². The lowest BCUT2D eigenvalue weighted by molar-refractivity contribution is 0.0943. The second kappa shape index (κ2) is 8.24. The molecule has 1 N–H and O–H groups in total. The van der Waals surface area contributed by atoms with E-state index in [-0.39, 0.29) is 11.9 Å². The Morgan fingerprint density at radius 3 is 2.73 bits per heavy atom. The topological polar surface area (TPSA) is 59.8 Å². The van der Waals surface area contributed by atoms with Gasteiger partial charge in [-0.25, -0.2) is 9.97 Å². The number of rotatable bonds is 5. The Morgan fingerprint density at radius 2 is 2.00 bits per heavy atom. The third kappa shape index (κ3) is 3.78. The summed E-state index contributed by atoms with van der Waals surface area (Å²) >= 11 is 1.66. The molecule has 0 fully saturated rings.